The molecule has 0 rings (SSSR count). The third-order valence-electron chi connectivity index (χ3n) is 0. The van der Waals surface area contributed by atoms with E-state index in [2.05, 4.69) is 0 Å². The quantitative estimate of drug-likeness (QED) is 0.159. The van der Waals surface area contributed by atoms with Crippen LogP contribution < -0.4 is 5.26 Å². The minimum Gasteiger partial charge on any atom is -0.512 e. The van der Waals surface area contributed by atoms with Gasteiger partial charge in [0, 0.05) is 0 Å². The first-order valence-electron chi connectivity index (χ1n) is 0.557. The van der Waals surface area contributed by atoms with Crippen molar-refractivity contribution in [3.05, 3.63) is 16.3 Å². The maximum absolute atomic E-state index is 7.88. The highest BCUT2D eigenvalue weighted by atomic mass is 17.2. The number of nitrogens with zero attached hydrogens (tertiary/aromatic N) is 1. The monoisotopic (exact) mass is 74.0 g/mol. The van der Waals surface area contributed by atoms with Crippen molar-refractivity contribution in [3.63, 3.8) is 0 Å². The molecule has 0 aliphatic rings. The smallest absolute Gasteiger partial charge is 0.154 e. The third kappa shape index (κ3) is 1.86. The molecule has 0 aliphatic heterocycles. The zero-order chi connectivity index (χ0) is 4.71. The van der Waals surface area contributed by atoms with Gasteiger partial charge in [-0.15, -0.1) is 0 Å². The number of hydrogen-bond donors (Lipinski definition) is 0. The van der Waals surface area contributed by atoms with Crippen LogP contribution in [0.1, 0.15) is 0 Å². The van der Waals surface area contributed by atoms with Gasteiger partial charge in [-0.25, -0.2) is 0 Å². The predicted molar refractivity (Wildman–Crippen MR) is 11.7 cm³/mol. The van der Waals surface area contributed by atoms with Crippen LogP contribution in [-0.4, -0.2) is 0 Å². The fourth-order valence-corrected chi connectivity index (χ4v) is 0. The van der Waals surface area contributed by atoms with Crippen LogP contribution in [0.2, 0.25) is 0 Å². The third-order valence-corrected chi connectivity index (χ3v) is 0. The molecule has 0 aromatic carbocycles. The first-order chi connectivity index (χ1) is 2.41. The highest BCUT2D eigenvalue weighted by molar-refractivity contribution is 4.20. The van der Waals surface area contributed by atoms with Crippen molar-refractivity contribution in [1.82, 2.24) is 0 Å². The Labute approximate surface area is 28.1 Å². The second-order valence-electron chi connectivity index (χ2n) is 0.0680. The maximum Gasteiger partial charge on any atom is 0.154 e. The molecule has 0 unspecified atom stereocenters. The summed E-state index contributed by atoms with van der Waals surface area (Å²) in [4.78, 5) is 7.88. The van der Waals surface area contributed by atoms with Crippen molar-refractivity contribution in [1.29, 1.82) is 5.26 Å². The Balaban J connectivity index is 0. The minimum absolute atomic E-state index is 1.75. The lowest BCUT2D eigenvalue weighted by Crippen LogP contribution is -1.82. The first kappa shape index (κ1) is 9.10. The molecule has 0 atom stereocenters. The van der Waals surface area contributed by atoms with Gasteiger partial charge in [-0.3, -0.25) is 0 Å². The molecule has 0 aromatic heterocycles. The Bertz CT molecular complexity index is 31.1. The van der Waals surface area contributed by atoms with Gasteiger partial charge < -0.3 is 11.8 Å². The minimum atomic E-state index is 1.75. The summed E-state index contributed by atoms with van der Waals surface area (Å²) in [5, 5.41) is 14.1. The molecule has 0 amide bonds. The maximum atomic E-state index is 7.88. The second-order valence-corrected chi connectivity index (χ2v) is 0.0680. The van der Waals surface area contributed by atoms with Crippen LogP contribution in [0.4, 0.5) is 0 Å². The van der Waals surface area contributed by atoms with Crippen LogP contribution in [0.25, 0.3) is 0 Å². The van der Waals surface area contributed by atoms with Gasteiger partial charge in [0.05, 0.1) is 0 Å². The Morgan fingerprint density at radius 1 is 1.80 bits per heavy atom. The molecule has 0 bridgehead atoms. The standard InChI is InChI=1S/CN.O3/c1-2;1-3-2/q-1;. The summed E-state index contributed by atoms with van der Waals surface area (Å²) in [5.74, 6) is 0. The largest absolute Gasteiger partial charge is 0.512 e. The zero-order valence-corrected chi connectivity index (χ0v) is 2.17. The molecule has 0 saturated carbocycles. The van der Waals surface area contributed by atoms with Gasteiger partial charge >= 0.3 is 0 Å². The Morgan fingerprint density at radius 3 is 1.80 bits per heavy atom. The molecule has 0 saturated heterocycles. The van der Waals surface area contributed by atoms with E-state index in [1.54, 1.807) is 4.75 Å². The molecule has 0 aliphatic carbocycles. The van der Waals surface area contributed by atoms with Gasteiger partial charge in [-0.2, -0.15) is 0 Å². The van der Waals surface area contributed by atoms with Crippen molar-refractivity contribution in [3.8, 4) is 0 Å². The molecule has 28 valence electrons. The molecule has 0 aromatic rings. The summed E-state index contributed by atoms with van der Waals surface area (Å²) in [5.41, 5.74) is 0. The van der Waals surface area contributed by atoms with Gasteiger partial charge in [0.1, 0.15) is 0 Å². The Morgan fingerprint density at radius 2 is 1.80 bits per heavy atom. The van der Waals surface area contributed by atoms with Crippen LogP contribution in [0, 0.1) is 21.5 Å². The average Bonchev–Trinajstić information content (AvgIpc) is 1.46. The lowest BCUT2D eigenvalue weighted by Gasteiger charge is -1.19. The summed E-state index contributed by atoms with van der Waals surface area (Å²) < 4.78 is 1.75. The van der Waals surface area contributed by atoms with Crippen molar-refractivity contribution >= 4 is 0 Å². The summed E-state index contributed by atoms with van der Waals surface area (Å²) in [6.45, 7) is 4.75. The fraction of sp³-hybridized carbons (Fsp3) is 0. The second kappa shape index (κ2) is 853. The zero-order valence-electron chi connectivity index (χ0n) is 2.17. The van der Waals surface area contributed by atoms with E-state index in [0.29, 0.717) is 0 Å². The molecule has 0 fully saturated rings. The molecule has 4 nitrogen and oxygen atoms in total. The van der Waals surface area contributed by atoms with E-state index < -0.39 is 0 Å². The summed E-state index contributed by atoms with van der Waals surface area (Å²) in [6, 6.07) is 0. The Hall–Kier alpha value is -1.11. The highest BCUT2D eigenvalue weighted by Crippen LogP contribution is 1.00. The molecule has 0 N–H and O–H groups in total. The summed E-state index contributed by atoms with van der Waals surface area (Å²) >= 11 is 0. The van der Waals surface area contributed by atoms with E-state index >= 15 is 0 Å². The summed E-state index contributed by atoms with van der Waals surface area (Å²) in [6.07, 6.45) is 0. The molecule has 0 heterocycles. The first-order valence-corrected chi connectivity index (χ1v) is 0.557. The van der Waals surface area contributed by atoms with E-state index in [4.69, 9.17) is 22.1 Å². The van der Waals surface area contributed by atoms with Crippen molar-refractivity contribution < 1.29 is 5.26 Å². The topological polar surface area (TPSA) is 75.2 Å². The van der Waals surface area contributed by atoms with Gasteiger partial charge in [-0.1, -0.05) is 10.2 Å². The van der Waals surface area contributed by atoms with Crippen LogP contribution in [0.5, 0.6) is 0 Å². The lowest BCUT2D eigenvalue weighted by molar-refractivity contribution is -0.284. The fourth-order valence-electron chi connectivity index (χ4n) is 0. The van der Waals surface area contributed by atoms with Crippen LogP contribution >= 0.6 is 0 Å². The van der Waals surface area contributed by atoms with Crippen molar-refractivity contribution in [2.75, 3.05) is 0 Å². The molecule has 4 heteroatoms. The van der Waals surface area contributed by atoms with E-state index in [0.717, 1.165) is 0 Å². The van der Waals surface area contributed by atoms with Gasteiger partial charge in [0.15, 0.2) is 4.75 Å². The van der Waals surface area contributed by atoms with Gasteiger partial charge in [-0.05, 0) is 0 Å². The van der Waals surface area contributed by atoms with E-state index in [-0.39, 0.29) is 0 Å². The van der Waals surface area contributed by atoms with E-state index in [1.165, 1.54) is 0 Å². The van der Waals surface area contributed by atoms with Gasteiger partial charge in [0.25, 0.3) is 0 Å². The van der Waals surface area contributed by atoms with Crippen LogP contribution in [-0.2, 0) is 0 Å². The predicted octanol–water partition coefficient (Wildman–Crippen LogP) is -1.03. The molecule has 0 spiro atoms. The Kier molecular flexibility index (Phi) is 1550. The summed E-state index contributed by atoms with van der Waals surface area (Å²) in [7, 11) is 0. The lowest BCUT2D eigenvalue weighted by atomic mass is 11.9. The number of hydrogen-bond acceptors (Lipinski definition) is 3. The molecular weight excluding hydrogens is 74.0 g/mol. The van der Waals surface area contributed by atoms with Crippen molar-refractivity contribution in [2.45, 2.75) is 0 Å². The van der Waals surface area contributed by atoms with Crippen LogP contribution in [0.3, 0.4) is 0 Å². The number of rotatable bonds is 0. The molecule has 5 heavy (non-hydrogen) atoms. The van der Waals surface area contributed by atoms with E-state index in [1.807, 2.05) is 0 Å². The molecular formula is CNO3-. The van der Waals surface area contributed by atoms with Crippen molar-refractivity contribution in [2.24, 2.45) is 0 Å². The van der Waals surface area contributed by atoms with E-state index in [9.17, 15) is 0 Å². The highest BCUT2D eigenvalue weighted by Gasteiger charge is 1.27. The SMILES string of the molecule is O=[O+][O-].[C-]#N. The average molecular weight is 74.0 g/mol. The molecule has 0 radical (unpaired) electrons. The van der Waals surface area contributed by atoms with Gasteiger partial charge in [0.2, 0.25) is 0 Å². The normalized spacial score (nSPS) is 2.80. The van der Waals surface area contributed by atoms with Crippen LogP contribution in [0.15, 0.2) is 0 Å².